The number of alkyl halides is 1. The van der Waals surface area contributed by atoms with Crippen LogP contribution in [0.2, 0.25) is 0 Å². The van der Waals surface area contributed by atoms with Crippen molar-refractivity contribution in [1.29, 1.82) is 0 Å². The van der Waals surface area contributed by atoms with Crippen molar-refractivity contribution in [3.63, 3.8) is 0 Å². The summed E-state index contributed by atoms with van der Waals surface area (Å²) in [5.74, 6) is 1.46. The van der Waals surface area contributed by atoms with Crippen LogP contribution in [-0.4, -0.2) is 18.2 Å². The van der Waals surface area contributed by atoms with E-state index in [1.54, 1.807) is 13.3 Å². The Hall–Kier alpha value is -0.540. The molecule has 2 atom stereocenters. The molecule has 3 nitrogen and oxygen atoms in total. The van der Waals surface area contributed by atoms with E-state index >= 15 is 0 Å². The highest BCUT2D eigenvalue weighted by molar-refractivity contribution is 6.20. The van der Waals surface area contributed by atoms with Gasteiger partial charge in [0.05, 0.1) is 12.3 Å². The van der Waals surface area contributed by atoms with E-state index in [-0.39, 0.29) is 11.5 Å². The first-order valence-electron chi connectivity index (χ1n) is 4.75. The van der Waals surface area contributed by atoms with Crippen LogP contribution in [0.1, 0.15) is 37.3 Å². The van der Waals surface area contributed by atoms with Crippen LogP contribution in [0.15, 0.2) is 10.6 Å². The minimum atomic E-state index is -0.163. The molecule has 0 spiro atoms. The molecule has 0 N–H and O–H groups in total. The molecule has 80 valence electrons. The summed E-state index contributed by atoms with van der Waals surface area (Å²) in [6.07, 6.45) is 3.75. The number of nitrogens with zero attached hydrogens (tertiary/aromatic N) is 1. The highest BCUT2D eigenvalue weighted by Crippen LogP contribution is 2.19. The van der Waals surface area contributed by atoms with Gasteiger partial charge in [-0.3, -0.25) is 0 Å². The monoisotopic (exact) mass is 217 g/mol. The van der Waals surface area contributed by atoms with Gasteiger partial charge < -0.3 is 9.15 Å². The summed E-state index contributed by atoms with van der Waals surface area (Å²) in [5, 5.41) is -0.163. The van der Waals surface area contributed by atoms with Crippen molar-refractivity contribution in [1.82, 2.24) is 4.98 Å². The molecule has 0 saturated heterocycles. The maximum Gasteiger partial charge on any atom is 0.212 e. The van der Waals surface area contributed by atoms with E-state index in [4.69, 9.17) is 20.8 Å². The molecule has 0 bridgehead atoms. The van der Waals surface area contributed by atoms with Crippen LogP contribution in [0.5, 0.6) is 0 Å². The summed E-state index contributed by atoms with van der Waals surface area (Å²) in [5.41, 5.74) is 0. The molecule has 0 radical (unpaired) electrons. The van der Waals surface area contributed by atoms with Crippen molar-refractivity contribution in [2.24, 2.45) is 0 Å². The minimum Gasteiger partial charge on any atom is -0.444 e. The molecule has 1 aromatic heterocycles. The topological polar surface area (TPSA) is 35.3 Å². The summed E-state index contributed by atoms with van der Waals surface area (Å²) in [6, 6.07) is 0. The standard InChI is InChI=1S/C10H16ClNO2/c1-7(13-3)4-5-9-6-12-10(14-9)8(2)11/h6-8H,4-5H2,1-3H3. The zero-order valence-corrected chi connectivity index (χ0v) is 9.54. The fraction of sp³-hybridized carbons (Fsp3) is 0.700. The van der Waals surface area contributed by atoms with E-state index in [0.29, 0.717) is 5.89 Å². The maximum absolute atomic E-state index is 5.83. The largest absolute Gasteiger partial charge is 0.444 e. The molecule has 0 saturated carbocycles. The first-order valence-corrected chi connectivity index (χ1v) is 5.18. The average Bonchev–Trinajstić information content (AvgIpc) is 2.62. The number of ether oxygens (including phenoxy) is 1. The normalized spacial score (nSPS) is 15.4. The van der Waals surface area contributed by atoms with Crippen LogP contribution in [0.4, 0.5) is 0 Å². The molecule has 1 aromatic rings. The Bertz CT molecular complexity index is 273. The van der Waals surface area contributed by atoms with Crippen molar-refractivity contribution in [3.8, 4) is 0 Å². The van der Waals surface area contributed by atoms with Crippen molar-refractivity contribution in [2.75, 3.05) is 7.11 Å². The second-order valence-electron chi connectivity index (χ2n) is 3.37. The van der Waals surface area contributed by atoms with Gasteiger partial charge in [0.2, 0.25) is 5.89 Å². The zero-order valence-electron chi connectivity index (χ0n) is 8.79. The third kappa shape index (κ3) is 3.31. The molecule has 14 heavy (non-hydrogen) atoms. The van der Waals surface area contributed by atoms with E-state index in [9.17, 15) is 0 Å². The summed E-state index contributed by atoms with van der Waals surface area (Å²) in [6.45, 7) is 3.87. The number of methoxy groups -OCH3 is 1. The summed E-state index contributed by atoms with van der Waals surface area (Å²) < 4.78 is 10.6. The van der Waals surface area contributed by atoms with Crippen LogP contribution >= 0.6 is 11.6 Å². The Balaban J connectivity index is 2.44. The van der Waals surface area contributed by atoms with Crippen LogP contribution < -0.4 is 0 Å². The number of oxazole rings is 1. The lowest BCUT2D eigenvalue weighted by Gasteiger charge is -2.06. The van der Waals surface area contributed by atoms with Gasteiger partial charge in [-0.2, -0.15) is 0 Å². The van der Waals surface area contributed by atoms with Crippen LogP contribution in [0.3, 0.4) is 0 Å². The van der Waals surface area contributed by atoms with Gasteiger partial charge in [0.1, 0.15) is 11.1 Å². The molecular formula is C10H16ClNO2. The van der Waals surface area contributed by atoms with Crippen molar-refractivity contribution >= 4 is 11.6 Å². The Morgan fingerprint density at radius 2 is 2.29 bits per heavy atom. The van der Waals surface area contributed by atoms with Gasteiger partial charge in [-0.1, -0.05) is 0 Å². The van der Waals surface area contributed by atoms with E-state index in [2.05, 4.69) is 4.98 Å². The van der Waals surface area contributed by atoms with Crippen LogP contribution in [0.25, 0.3) is 0 Å². The van der Waals surface area contributed by atoms with Gasteiger partial charge in [0, 0.05) is 13.5 Å². The molecule has 1 heterocycles. The molecule has 0 amide bonds. The Kier molecular flexibility index (Phi) is 4.42. The van der Waals surface area contributed by atoms with E-state index < -0.39 is 0 Å². The van der Waals surface area contributed by atoms with Gasteiger partial charge in [-0.05, 0) is 20.3 Å². The molecule has 4 heteroatoms. The lowest BCUT2D eigenvalue weighted by Crippen LogP contribution is -2.05. The summed E-state index contributed by atoms with van der Waals surface area (Å²) >= 11 is 5.83. The quantitative estimate of drug-likeness (QED) is 0.712. The molecular weight excluding hydrogens is 202 g/mol. The molecule has 0 fully saturated rings. The minimum absolute atomic E-state index is 0.163. The fourth-order valence-electron chi connectivity index (χ4n) is 1.09. The van der Waals surface area contributed by atoms with Gasteiger partial charge in [-0.25, -0.2) is 4.98 Å². The van der Waals surface area contributed by atoms with E-state index in [0.717, 1.165) is 18.6 Å². The van der Waals surface area contributed by atoms with Gasteiger partial charge in [0.15, 0.2) is 0 Å². The average molecular weight is 218 g/mol. The van der Waals surface area contributed by atoms with Gasteiger partial charge in [0.25, 0.3) is 0 Å². The summed E-state index contributed by atoms with van der Waals surface area (Å²) in [4.78, 5) is 4.08. The molecule has 0 aromatic carbocycles. The second kappa shape index (κ2) is 5.37. The molecule has 1 rings (SSSR count). The fourth-order valence-corrected chi connectivity index (χ4v) is 1.19. The number of halogens is 1. The highest BCUT2D eigenvalue weighted by atomic mass is 35.5. The number of aryl methyl sites for hydroxylation is 1. The second-order valence-corrected chi connectivity index (χ2v) is 4.02. The smallest absolute Gasteiger partial charge is 0.212 e. The lowest BCUT2D eigenvalue weighted by atomic mass is 10.2. The molecule has 0 aliphatic rings. The van der Waals surface area contributed by atoms with Gasteiger partial charge in [-0.15, -0.1) is 11.6 Å². The lowest BCUT2D eigenvalue weighted by molar-refractivity contribution is 0.110. The third-order valence-corrected chi connectivity index (χ3v) is 2.30. The molecule has 0 aliphatic heterocycles. The Labute approximate surface area is 89.4 Å². The Morgan fingerprint density at radius 3 is 2.79 bits per heavy atom. The number of aromatic nitrogens is 1. The highest BCUT2D eigenvalue weighted by Gasteiger charge is 2.10. The summed E-state index contributed by atoms with van der Waals surface area (Å²) in [7, 11) is 1.71. The number of hydrogen-bond donors (Lipinski definition) is 0. The predicted molar refractivity (Wildman–Crippen MR) is 55.6 cm³/mol. The van der Waals surface area contributed by atoms with Crippen molar-refractivity contribution < 1.29 is 9.15 Å². The predicted octanol–water partition coefficient (Wildman–Crippen LogP) is 2.94. The van der Waals surface area contributed by atoms with Crippen molar-refractivity contribution in [3.05, 3.63) is 17.8 Å². The molecule has 0 aliphatic carbocycles. The first kappa shape index (κ1) is 11.5. The van der Waals surface area contributed by atoms with Gasteiger partial charge >= 0.3 is 0 Å². The zero-order chi connectivity index (χ0) is 10.6. The third-order valence-electron chi connectivity index (χ3n) is 2.11. The number of hydrogen-bond acceptors (Lipinski definition) is 3. The number of rotatable bonds is 5. The van der Waals surface area contributed by atoms with Crippen molar-refractivity contribution in [2.45, 2.75) is 38.2 Å². The first-order chi connectivity index (χ1) is 6.63. The SMILES string of the molecule is COC(C)CCc1cnc(C(C)Cl)o1. The molecule has 2 unspecified atom stereocenters. The van der Waals surface area contributed by atoms with E-state index in [1.807, 2.05) is 13.8 Å². The maximum atomic E-state index is 5.83. The Morgan fingerprint density at radius 1 is 1.57 bits per heavy atom. The van der Waals surface area contributed by atoms with Crippen LogP contribution in [0, 0.1) is 0 Å². The van der Waals surface area contributed by atoms with Crippen LogP contribution in [-0.2, 0) is 11.2 Å². The van der Waals surface area contributed by atoms with E-state index in [1.165, 1.54) is 0 Å².